The molecule has 2 aromatic carbocycles. The van der Waals surface area contributed by atoms with E-state index in [1.54, 1.807) is 45.0 Å². The molecule has 2 aromatic rings. The Morgan fingerprint density at radius 1 is 0.968 bits per heavy atom. The summed E-state index contributed by atoms with van der Waals surface area (Å²) < 4.78 is 11.5. The van der Waals surface area contributed by atoms with E-state index < -0.39 is 23.8 Å². The van der Waals surface area contributed by atoms with Gasteiger partial charge in [-0.15, -0.1) is 0 Å². The topological polar surface area (TPSA) is 93.7 Å². The van der Waals surface area contributed by atoms with Crippen molar-refractivity contribution in [1.29, 1.82) is 0 Å². The summed E-state index contributed by atoms with van der Waals surface area (Å²) in [5, 5.41) is 5.37. The van der Waals surface area contributed by atoms with Gasteiger partial charge in [0.05, 0.1) is 13.1 Å². The second kappa shape index (κ2) is 11.6. The average Bonchev–Trinajstić information content (AvgIpc) is 2.68. The van der Waals surface area contributed by atoms with Crippen LogP contribution in [0.2, 0.25) is 0 Å². The first kappa shape index (κ1) is 24.6. The molecule has 1 amide bonds. The molecule has 166 valence electrons. The standard InChI is InChI=1S/C23H27BrN2O5/c1-23(2,3)31-21(28)15-25-14-19(27)20(13-16-7-5-4-6-8-16)30-22(29)26-18-11-9-17(24)10-12-18/h4-12,20,25H,13-15H2,1-3H3,(H,26,29)/t20-/m0/s1. The minimum Gasteiger partial charge on any atom is -0.459 e. The van der Waals surface area contributed by atoms with Crippen LogP contribution in [0, 0.1) is 0 Å². The van der Waals surface area contributed by atoms with Crippen molar-refractivity contribution in [1.82, 2.24) is 5.32 Å². The number of amides is 1. The van der Waals surface area contributed by atoms with Gasteiger partial charge in [-0.25, -0.2) is 4.79 Å². The Labute approximate surface area is 190 Å². The first-order valence-electron chi connectivity index (χ1n) is 9.85. The number of ketones is 1. The number of anilines is 1. The zero-order valence-electron chi connectivity index (χ0n) is 17.8. The van der Waals surface area contributed by atoms with Gasteiger partial charge in [0.1, 0.15) is 5.60 Å². The molecule has 8 heteroatoms. The van der Waals surface area contributed by atoms with Gasteiger partial charge in [0.15, 0.2) is 11.9 Å². The highest BCUT2D eigenvalue weighted by atomic mass is 79.9. The van der Waals surface area contributed by atoms with E-state index in [0.717, 1.165) is 10.0 Å². The number of rotatable bonds is 9. The highest BCUT2D eigenvalue weighted by Crippen LogP contribution is 2.15. The Balaban J connectivity index is 1.96. The summed E-state index contributed by atoms with van der Waals surface area (Å²) in [5.74, 6) is -0.813. The van der Waals surface area contributed by atoms with Crippen molar-refractivity contribution in [3.63, 3.8) is 0 Å². The molecule has 0 spiro atoms. The average molecular weight is 491 g/mol. The minimum atomic E-state index is -1.01. The molecule has 0 aliphatic rings. The largest absolute Gasteiger partial charge is 0.459 e. The summed E-state index contributed by atoms with van der Waals surface area (Å²) in [6.07, 6.45) is -1.52. The molecule has 0 aliphatic heterocycles. The van der Waals surface area contributed by atoms with Gasteiger partial charge in [0.25, 0.3) is 0 Å². The van der Waals surface area contributed by atoms with E-state index in [0.29, 0.717) is 5.69 Å². The number of hydrogen-bond donors (Lipinski definition) is 2. The number of esters is 1. The first-order valence-corrected chi connectivity index (χ1v) is 10.6. The number of halogens is 1. The Kier molecular flexibility index (Phi) is 9.21. The minimum absolute atomic E-state index is 0.119. The Bertz CT molecular complexity index is 879. The van der Waals surface area contributed by atoms with Gasteiger partial charge < -0.3 is 9.47 Å². The quantitative estimate of drug-likeness (QED) is 0.513. The number of ether oxygens (including phenoxy) is 2. The van der Waals surface area contributed by atoms with Crippen LogP contribution in [0.4, 0.5) is 10.5 Å². The van der Waals surface area contributed by atoms with E-state index in [4.69, 9.17) is 9.47 Å². The van der Waals surface area contributed by atoms with E-state index in [-0.39, 0.29) is 25.3 Å². The zero-order chi connectivity index (χ0) is 22.9. The summed E-state index contributed by atoms with van der Waals surface area (Å²) in [4.78, 5) is 36.9. The highest BCUT2D eigenvalue weighted by molar-refractivity contribution is 9.10. The molecule has 0 aromatic heterocycles. The van der Waals surface area contributed by atoms with Gasteiger partial charge in [-0.2, -0.15) is 0 Å². The molecule has 31 heavy (non-hydrogen) atoms. The second-order valence-corrected chi connectivity index (χ2v) is 8.79. The lowest BCUT2D eigenvalue weighted by Gasteiger charge is -2.20. The number of Topliss-reactive ketones (excluding diaryl/α,β-unsaturated/α-hetero) is 1. The summed E-state index contributed by atoms with van der Waals surface area (Å²) in [6.45, 7) is 5.05. The van der Waals surface area contributed by atoms with Crippen molar-refractivity contribution in [2.75, 3.05) is 18.4 Å². The van der Waals surface area contributed by atoms with Crippen molar-refractivity contribution < 1.29 is 23.9 Å². The van der Waals surface area contributed by atoms with Crippen LogP contribution in [0.1, 0.15) is 26.3 Å². The van der Waals surface area contributed by atoms with Gasteiger partial charge in [-0.05, 0) is 50.6 Å². The van der Waals surface area contributed by atoms with Gasteiger partial charge in [-0.3, -0.25) is 20.2 Å². The maximum Gasteiger partial charge on any atom is 0.412 e. The fraction of sp³-hybridized carbons (Fsp3) is 0.348. The van der Waals surface area contributed by atoms with Crippen LogP contribution in [0.15, 0.2) is 59.1 Å². The van der Waals surface area contributed by atoms with Crippen LogP contribution in [0.25, 0.3) is 0 Å². The number of carbonyl (C=O) groups is 3. The fourth-order valence-corrected chi connectivity index (χ4v) is 2.90. The van der Waals surface area contributed by atoms with Gasteiger partial charge in [0.2, 0.25) is 0 Å². The number of nitrogens with one attached hydrogen (secondary N) is 2. The fourth-order valence-electron chi connectivity index (χ4n) is 2.64. The molecular weight excluding hydrogens is 464 g/mol. The molecule has 0 radical (unpaired) electrons. The monoisotopic (exact) mass is 490 g/mol. The summed E-state index contributed by atoms with van der Waals surface area (Å²) >= 11 is 3.33. The van der Waals surface area contributed by atoms with Crippen LogP contribution < -0.4 is 10.6 Å². The van der Waals surface area contributed by atoms with E-state index in [9.17, 15) is 14.4 Å². The summed E-state index contributed by atoms with van der Waals surface area (Å²) in [6, 6.07) is 16.2. The molecule has 0 aliphatic carbocycles. The van der Waals surface area contributed by atoms with E-state index in [1.165, 1.54) is 0 Å². The molecule has 7 nitrogen and oxygen atoms in total. The lowest BCUT2D eigenvalue weighted by atomic mass is 10.0. The molecule has 0 bridgehead atoms. The number of hydrogen-bond acceptors (Lipinski definition) is 6. The van der Waals surface area contributed by atoms with Gasteiger partial charge in [0, 0.05) is 16.6 Å². The van der Waals surface area contributed by atoms with Crippen LogP contribution in [0.3, 0.4) is 0 Å². The summed E-state index contributed by atoms with van der Waals surface area (Å²) in [7, 11) is 0. The van der Waals surface area contributed by atoms with E-state index in [1.807, 2.05) is 30.3 Å². The maximum atomic E-state index is 12.7. The SMILES string of the molecule is CC(C)(C)OC(=O)CNCC(=O)[C@H](Cc1ccccc1)OC(=O)Nc1ccc(Br)cc1. The molecule has 2 rings (SSSR count). The number of benzene rings is 2. The molecular formula is C23H27BrN2O5. The lowest BCUT2D eigenvalue weighted by Crippen LogP contribution is -2.40. The predicted molar refractivity (Wildman–Crippen MR) is 122 cm³/mol. The van der Waals surface area contributed by atoms with Gasteiger partial charge in [-0.1, -0.05) is 46.3 Å². The Morgan fingerprint density at radius 3 is 2.23 bits per heavy atom. The van der Waals surface area contributed by atoms with Gasteiger partial charge >= 0.3 is 12.1 Å². The summed E-state index contributed by atoms with van der Waals surface area (Å²) in [5.41, 5.74) is 0.791. The van der Waals surface area contributed by atoms with E-state index >= 15 is 0 Å². The molecule has 0 unspecified atom stereocenters. The zero-order valence-corrected chi connectivity index (χ0v) is 19.4. The Hall–Kier alpha value is -2.71. The Morgan fingerprint density at radius 2 is 1.61 bits per heavy atom. The first-order chi connectivity index (χ1) is 14.6. The van der Waals surface area contributed by atoms with Crippen molar-refractivity contribution in [3.8, 4) is 0 Å². The molecule has 0 saturated carbocycles. The maximum absolute atomic E-state index is 12.7. The van der Waals surface area contributed by atoms with Crippen LogP contribution in [0.5, 0.6) is 0 Å². The highest BCUT2D eigenvalue weighted by Gasteiger charge is 2.24. The second-order valence-electron chi connectivity index (χ2n) is 7.87. The third kappa shape index (κ3) is 9.76. The van der Waals surface area contributed by atoms with Crippen molar-refractivity contribution >= 4 is 39.5 Å². The molecule has 2 N–H and O–H groups in total. The molecule has 0 saturated heterocycles. The predicted octanol–water partition coefficient (Wildman–Crippen LogP) is 4.11. The smallest absolute Gasteiger partial charge is 0.412 e. The normalized spacial score (nSPS) is 12.0. The number of carbonyl (C=O) groups excluding carboxylic acids is 3. The lowest BCUT2D eigenvalue weighted by molar-refractivity contribution is -0.153. The van der Waals surface area contributed by atoms with Crippen molar-refractivity contribution in [2.24, 2.45) is 0 Å². The van der Waals surface area contributed by atoms with Crippen LogP contribution >= 0.6 is 15.9 Å². The van der Waals surface area contributed by atoms with E-state index in [2.05, 4.69) is 26.6 Å². The third-order valence-electron chi connectivity index (χ3n) is 3.95. The van der Waals surface area contributed by atoms with Crippen LogP contribution in [-0.2, 0) is 25.5 Å². The van der Waals surface area contributed by atoms with Crippen molar-refractivity contribution in [3.05, 3.63) is 64.6 Å². The molecule has 0 fully saturated rings. The van der Waals surface area contributed by atoms with Crippen LogP contribution in [-0.4, -0.2) is 42.6 Å². The molecule has 0 heterocycles. The third-order valence-corrected chi connectivity index (χ3v) is 4.48. The molecule has 1 atom stereocenters. The van der Waals surface area contributed by atoms with Crippen molar-refractivity contribution in [2.45, 2.75) is 38.9 Å².